The number of benzene rings is 1. The highest BCUT2D eigenvalue weighted by Crippen LogP contribution is 2.43. The van der Waals surface area contributed by atoms with Crippen LogP contribution in [0.25, 0.3) is 0 Å². The molecule has 148 valence electrons. The van der Waals surface area contributed by atoms with Crippen LogP contribution in [-0.2, 0) is 6.42 Å². The Bertz CT molecular complexity index is 829. The van der Waals surface area contributed by atoms with E-state index in [1.807, 2.05) is 4.90 Å². The summed E-state index contributed by atoms with van der Waals surface area (Å²) in [7, 11) is 0. The lowest BCUT2D eigenvalue weighted by Crippen LogP contribution is -2.46. The van der Waals surface area contributed by atoms with Crippen molar-refractivity contribution >= 4 is 5.91 Å². The second kappa shape index (κ2) is 7.36. The molecule has 0 bridgehead atoms. The van der Waals surface area contributed by atoms with E-state index in [4.69, 9.17) is 4.42 Å². The summed E-state index contributed by atoms with van der Waals surface area (Å²) >= 11 is 0. The molecule has 1 atom stereocenters. The van der Waals surface area contributed by atoms with Gasteiger partial charge in [-0.15, -0.1) is 0 Å². The molecule has 0 radical (unpaired) electrons. The predicted octanol–water partition coefficient (Wildman–Crippen LogP) is 3.72. The van der Waals surface area contributed by atoms with Crippen LogP contribution in [0.3, 0.4) is 0 Å². The van der Waals surface area contributed by atoms with E-state index in [-0.39, 0.29) is 11.3 Å². The molecule has 1 amide bonds. The molecule has 5 heteroatoms. The Hall–Kier alpha value is -2.14. The fraction of sp³-hybridized carbons (Fsp3) is 0.565. The Labute approximate surface area is 166 Å². The summed E-state index contributed by atoms with van der Waals surface area (Å²) in [5, 5.41) is 0. The third-order valence-electron chi connectivity index (χ3n) is 6.77. The summed E-state index contributed by atoms with van der Waals surface area (Å²) in [6.45, 7) is 5.11. The van der Waals surface area contributed by atoms with E-state index in [1.165, 1.54) is 31.3 Å². The zero-order valence-corrected chi connectivity index (χ0v) is 16.5. The average Bonchev–Trinajstić information content (AvgIpc) is 3.32. The Kier molecular flexibility index (Phi) is 4.71. The third kappa shape index (κ3) is 3.60. The molecular formula is C23H29N3O2. The number of aromatic nitrogens is 1. The van der Waals surface area contributed by atoms with Gasteiger partial charge < -0.3 is 14.2 Å². The predicted molar refractivity (Wildman–Crippen MR) is 107 cm³/mol. The highest BCUT2D eigenvalue weighted by atomic mass is 16.3. The molecule has 3 heterocycles. The van der Waals surface area contributed by atoms with E-state index in [0.29, 0.717) is 11.6 Å². The summed E-state index contributed by atoms with van der Waals surface area (Å²) in [6.07, 6.45) is 8.35. The topological polar surface area (TPSA) is 49.6 Å². The molecule has 1 aromatic heterocycles. The van der Waals surface area contributed by atoms with Crippen molar-refractivity contribution < 1.29 is 9.21 Å². The van der Waals surface area contributed by atoms with Gasteiger partial charge in [0.05, 0.1) is 0 Å². The second-order valence-electron chi connectivity index (χ2n) is 8.93. The van der Waals surface area contributed by atoms with E-state index < -0.39 is 0 Å². The van der Waals surface area contributed by atoms with Gasteiger partial charge in [0, 0.05) is 37.5 Å². The molecule has 1 unspecified atom stereocenters. The first kappa shape index (κ1) is 17.9. The summed E-state index contributed by atoms with van der Waals surface area (Å²) in [4.78, 5) is 22.0. The monoisotopic (exact) mass is 379 g/mol. The summed E-state index contributed by atoms with van der Waals surface area (Å²) in [5.41, 5.74) is 2.23. The highest BCUT2D eigenvalue weighted by molar-refractivity contribution is 5.93. The Balaban J connectivity index is 1.21. The van der Waals surface area contributed by atoms with E-state index >= 15 is 0 Å². The van der Waals surface area contributed by atoms with Crippen LogP contribution in [0.15, 0.2) is 41.1 Å². The van der Waals surface area contributed by atoms with Crippen LogP contribution in [0.5, 0.6) is 0 Å². The van der Waals surface area contributed by atoms with Crippen LogP contribution in [0.1, 0.15) is 59.8 Å². The standard InChI is InChI=1S/C23H29N3O2/c27-22(20-21(19-7-8-19)28-17-24-20)26-14-11-23(16-26)10-4-12-25(15-23)13-9-18-5-2-1-3-6-18/h1-3,5-6,17,19H,4,7-16H2. The first-order valence-corrected chi connectivity index (χ1v) is 10.7. The summed E-state index contributed by atoms with van der Waals surface area (Å²) in [5.74, 6) is 1.31. The van der Waals surface area contributed by atoms with E-state index in [2.05, 4.69) is 40.2 Å². The van der Waals surface area contributed by atoms with E-state index in [0.717, 1.165) is 57.6 Å². The van der Waals surface area contributed by atoms with Crippen molar-refractivity contribution in [2.75, 3.05) is 32.7 Å². The number of rotatable bonds is 5. The van der Waals surface area contributed by atoms with Gasteiger partial charge in [-0.25, -0.2) is 4.98 Å². The molecule has 1 spiro atoms. The van der Waals surface area contributed by atoms with Gasteiger partial charge in [-0.3, -0.25) is 4.79 Å². The number of carbonyl (C=O) groups is 1. The van der Waals surface area contributed by atoms with Crippen LogP contribution in [0.4, 0.5) is 0 Å². The molecule has 2 aliphatic heterocycles. The zero-order chi connectivity index (χ0) is 19.0. The maximum Gasteiger partial charge on any atom is 0.276 e. The van der Waals surface area contributed by atoms with E-state index in [1.54, 1.807) is 0 Å². The first-order chi connectivity index (χ1) is 13.7. The summed E-state index contributed by atoms with van der Waals surface area (Å²) in [6, 6.07) is 10.7. The van der Waals surface area contributed by atoms with Crippen LogP contribution in [-0.4, -0.2) is 53.4 Å². The molecular weight excluding hydrogens is 350 g/mol. The SMILES string of the molecule is O=C(c1ncoc1C1CC1)N1CCC2(CCCN(CCc3ccccc3)C2)C1. The molecule has 5 rings (SSSR count). The van der Waals surface area contributed by atoms with Gasteiger partial charge in [0.1, 0.15) is 5.76 Å². The molecule has 2 aromatic rings. The number of carbonyl (C=O) groups excluding carboxylic acids is 1. The molecule has 0 N–H and O–H groups in total. The molecule has 1 saturated carbocycles. The largest absolute Gasteiger partial charge is 0.447 e. The number of amides is 1. The fourth-order valence-electron chi connectivity index (χ4n) is 5.08. The van der Waals surface area contributed by atoms with Crippen molar-refractivity contribution in [3.63, 3.8) is 0 Å². The van der Waals surface area contributed by atoms with Crippen molar-refractivity contribution in [1.82, 2.24) is 14.8 Å². The zero-order valence-electron chi connectivity index (χ0n) is 16.5. The molecule has 3 aliphatic rings. The molecule has 3 fully saturated rings. The number of oxazole rings is 1. The molecule has 2 saturated heterocycles. The van der Waals surface area contributed by atoms with Gasteiger partial charge >= 0.3 is 0 Å². The maximum absolute atomic E-state index is 13.1. The van der Waals surface area contributed by atoms with Crippen LogP contribution in [0.2, 0.25) is 0 Å². The number of nitrogens with zero attached hydrogens (tertiary/aromatic N) is 3. The third-order valence-corrected chi connectivity index (χ3v) is 6.77. The van der Waals surface area contributed by atoms with Crippen molar-refractivity contribution in [2.45, 2.75) is 44.4 Å². The fourth-order valence-corrected chi connectivity index (χ4v) is 5.08. The summed E-state index contributed by atoms with van der Waals surface area (Å²) < 4.78 is 5.53. The Morgan fingerprint density at radius 2 is 2.00 bits per heavy atom. The maximum atomic E-state index is 13.1. The smallest absolute Gasteiger partial charge is 0.276 e. The van der Waals surface area contributed by atoms with Crippen molar-refractivity contribution in [3.05, 3.63) is 53.7 Å². The first-order valence-electron chi connectivity index (χ1n) is 10.7. The second-order valence-corrected chi connectivity index (χ2v) is 8.93. The minimum atomic E-state index is 0.0777. The van der Waals surface area contributed by atoms with Gasteiger partial charge in [-0.05, 0) is 50.6 Å². The minimum Gasteiger partial charge on any atom is -0.447 e. The molecule has 1 aromatic carbocycles. The normalized spacial score (nSPS) is 25.5. The average molecular weight is 380 g/mol. The lowest BCUT2D eigenvalue weighted by atomic mass is 9.79. The molecule has 28 heavy (non-hydrogen) atoms. The van der Waals surface area contributed by atoms with Gasteiger partial charge in [-0.2, -0.15) is 0 Å². The highest BCUT2D eigenvalue weighted by Gasteiger charge is 2.44. The van der Waals surface area contributed by atoms with Crippen molar-refractivity contribution in [2.24, 2.45) is 5.41 Å². The van der Waals surface area contributed by atoms with Crippen LogP contribution < -0.4 is 0 Å². The molecule has 1 aliphatic carbocycles. The van der Waals surface area contributed by atoms with E-state index in [9.17, 15) is 4.79 Å². The lowest BCUT2D eigenvalue weighted by Gasteiger charge is -2.40. The Morgan fingerprint density at radius 3 is 2.82 bits per heavy atom. The number of piperidine rings is 1. The number of hydrogen-bond donors (Lipinski definition) is 0. The number of hydrogen-bond acceptors (Lipinski definition) is 4. The van der Waals surface area contributed by atoms with Gasteiger partial charge in [0.25, 0.3) is 5.91 Å². The van der Waals surface area contributed by atoms with Crippen molar-refractivity contribution in [3.8, 4) is 0 Å². The van der Waals surface area contributed by atoms with Crippen molar-refractivity contribution in [1.29, 1.82) is 0 Å². The van der Waals surface area contributed by atoms with Gasteiger partial charge in [0.15, 0.2) is 12.1 Å². The van der Waals surface area contributed by atoms with Crippen LogP contribution in [0, 0.1) is 5.41 Å². The van der Waals surface area contributed by atoms with Crippen LogP contribution >= 0.6 is 0 Å². The Morgan fingerprint density at radius 1 is 1.14 bits per heavy atom. The number of likely N-dealkylation sites (tertiary alicyclic amines) is 2. The van der Waals surface area contributed by atoms with Gasteiger partial charge in [-0.1, -0.05) is 30.3 Å². The minimum absolute atomic E-state index is 0.0777. The molecule has 5 nitrogen and oxygen atoms in total. The quantitative estimate of drug-likeness (QED) is 0.794. The van der Waals surface area contributed by atoms with Gasteiger partial charge in [0.2, 0.25) is 0 Å². The lowest BCUT2D eigenvalue weighted by molar-refractivity contribution is 0.0686.